The molecule has 0 saturated carbocycles. The third-order valence-corrected chi connectivity index (χ3v) is 2.66. The number of nitrogens with zero attached hydrogens (tertiary/aromatic N) is 1. The number of hydrogen-bond acceptors (Lipinski definition) is 3. The molecule has 0 saturated heterocycles. The van der Waals surface area contributed by atoms with Crippen molar-refractivity contribution >= 4 is 17.7 Å². The predicted octanol–water partition coefficient (Wildman–Crippen LogP) is 1.28. The maximum atomic E-state index is 11.7. The molecule has 1 spiro atoms. The highest BCUT2D eigenvalue weighted by Gasteiger charge is 2.43. The van der Waals surface area contributed by atoms with Gasteiger partial charge in [0.1, 0.15) is 0 Å². The third-order valence-electron chi connectivity index (χ3n) is 2.66. The van der Waals surface area contributed by atoms with Crippen molar-refractivity contribution in [1.82, 2.24) is 5.32 Å². The van der Waals surface area contributed by atoms with Gasteiger partial charge in [-0.3, -0.25) is 9.79 Å². The molecular formula is C11H8N2O. The zero-order valence-electron chi connectivity index (χ0n) is 7.40. The number of benzene rings is 1. The molecular weight excluding hydrogens is 176 g/mol. The Morgan fingerprint density at radius 1 is 1.29 bits per heavy atom. The molecule has 0 radical (unpaired) electrons. The largest absolute Gasteiger partial charge is 0.370 e. The van der Waals surface area contributed by atoms with E-state index in [0.29, 0.717) is 0 Å². The van der Waals surface area contributed by atoms with Crippen molar-refractivity contribution < 1.29 is 4.79 Å². The SMILES string of the molecule is O=C1C=CNC12C=Nc1ccccc12. The summed E-state index contributed by atoms with van der Waals surface area (Å²) in [4.78, 5) is 16.0. The lowest BCUT2D eigenvalue weighted by molar-refractivity contribution is -0.117. The first-order valence-corrected chi connectivity index (χ1v) is 4.46. The quantitative estimate of drug-likeness (QED) is 0.660. The van der Waals surface area contributed by atoms with E-state index < -0.39 is 5.54 Å². The normalized spacial score (nSPS) is 27.0. The molecule has 0 aliphatic carbocycles. The van der Waals surface area contributed by atoms with Crippen LogP contribution in [0.25, 0.3) is 0 Å². The molecule has 0 fully saturated rings. The first kappa shape index (κ1) is 7.50. The zero-order valence-corrected chi connectivity index (χ0v) is 7.40. The van der Waals surface area contributed by atoms with E-state index in [1.165, 1.54) is 0 Å². The van der Waals surface area contributed by atoms with Crippen LogP contribution in [0.1, 0.15) is 5.56 Å². The van der Waals surface area contributed by atoms with E-state index >= 15 is 0 Å². The van der Waals surface area contributed by atoms with Gasteiger partial charge in [-0.15, -0.1) is 0 Å². The number of para-hydroxylation sites is 1. The summed E-state index contributed by atoms with van der Waals surface area (Å²) in [6, 6.07) is 7.68. The molecule has 14 heavy (non-hydrogen) atoms. The van der Waals surface area contributed by atoms with E-state index in [2.05, 4.69) is 10.3 Å². The number of nitrogens with one attached hydrogen (secondary N) is 1. The molecule has 0 aromatic heterocycles. The summed E-state index contributed by atoms with van der Waals surface area (Å²) in [5, 5.41) is 3.06. The van der Waals surface area contributed by atoms with Crippen LogP contribution in [0.5, 0.6) is 0 Å². The summed E-state index contributed by atoms with van der Waals surface area (Å²) in [7, 11) is 0. The van der Waals surface area contributed by atoms with Crippen molar-refractivity contribution in [3.8, 4) is 0 Å². The molecule has 1 N–H and O–H groups in total. The second kappa shape index (κ2) is 2.32. The number of aliphatic imine (C=N–C) groups is 1. The second-order valence-electron chi connectivity index (χ2n) is 3.43. The molecule has 1 atom stereocenters. The summed E-state index contributed by atoms with van der Waals surface area (Å²) in [5.74, 6) is 0.0474. The van der Waals surface area contributed by atoms with E-state index in [-0.39, 0.29) is 5.78 Å². The van der Waals surface area contributed by atoms with E-state index in [9.17, 15) is 4.79 Å². The van der Waals surface area contributed by atoms with Crippen LogP contribution in [-0.4, -0.2) is 12.0 Å². The summed E-state index contributed by atoms with van der Waals surface area (Å²) < 4.78 is 0. The van der Waals surface area contributed by atoms with Gasteiger partial charge in [-0.1, -0.05) is 18.2 Å². The number of carbonyl (C=O) groups excluding carboxylic acids is 1. The molecule has 2 heterocycles. The van der Waals surface area contributed by atoms with Crippen LogP contribution in [0.2, 0.25) is 0 Å². The van der Waals surface area contributed by atoms with Crippen molar-refractivity contribution in [2.24, 2.45) is 4.99 Å². The van der Waals surface area contributed by atoms with Crippen molar-refractivity contribution in [3.63, 3.8) is 0 Å². The first-order valence-electron chi connectivity index (χ1n) is 4.46. The Morgan fingerprint density at radius 3 is 2.93 bits per heavy atom. The standard InChI is InChI=1S/C11H8N2O/c14-10-5-6-13-11(10)7-12-9-4-2-1-3-8(9)11/h1-7,13H. The van der Waals surface area contributed by atoms with Gasteiger partial charge in [0.2, 0.25) is 0 Å². The van der Waals surface area contributed by atoms with Crippen LogP contribution in [-0.2, 0) is 10.3 Å². The summed E-state index contributed by atoms with van der Waals surface area (Å²) in [6.07, 6.45) is 4.91. The molecule has 0 bridgehead atoms. The molecule has 1 unspecified atom stereocenters. The fourth-order valence-corrected chi connectivity index (χ4v) is 1.92. The Balaban J connectivity index is 2.23. The predicted molar refractivity (Wildman–Crippen MR) is 53.6 cm³/mol. The van der Waals surface area contributed by atoms with Crippen molar-refractivity contribution in [2.45, 2.75) is 5.54 Å². The number of fused-ring (bicyclic) bond motifs is 2. The van der Waals surface area contributed by atoms with Gasteiger partial charge in [-0.05, 0) is 6.07 Å². The van der Waals surface area contributed by atoms with Crippen LogP contribution < -0.4 is 5.32 Å². The Hall–Kier alpha value is -1.90. The Kier molecular flexibility index (Phi) is 1.24. The van der Waals surface area contributed by atoms with Crippen LogP contribution >= 0.6 is 0 Å². The highest BCUT2D eigenvalue weighted by Crippen LogP contribution is 2.37. The van der Waals surface area contributed by atoms with Gasteiger partial charge in [0.15, 0.2) is 11.3 Å². The fraction of sp³-hybridized carbons (Fsp3) is 0.0909. The van der Waals surface area contributed by atoms with Crippen LogP contribution in [0.15, 0.2) is 41.5 Å². The fourth-order valence-electron chi connectivity index (χ4n) is 1.92. The van der Waals surface area contributed by atoms with Crippen molar-refractivity contribution in [2.75, 3.05) is 0 Å². The molecule has 3 rings (SSSR count). The highest BCUT2D eigenvalue weighted by molar-refractivity contribution is 6.15. The van der Waals surface area contributed by atoms with Crippen molar-refractivity contribution in [3.05, 3.63) is 42.1 Å². The summed E-state index contributed by atoms with van der Waals surface area (Å²) in [6.45, 7) is 0. The average molecular weight is 184 g/mol. The van der Waals surface area contributed by atoms with E-state index in [4.69, 9.17) is 0 Å². The van der Waals surface area contributed by atoms with Crippen LogP contribution in [0, 0.1) is 0 Å². The molecule has 1 aromatic carbocycles. The third kappa shape index (κ3) is 0.719. The number of rotatable bonds is 0. The minimum Gasteiger partial charge on any atom is -0.370 e. The Bertz CT molecular complexity index is 476. The minimum absolute atomic E-state index is 0.0474. The maximum absolute atomic E-state index is 11.7. The zero-order chi connectivity index (χ0) is 9.60. The van der Waals surface area contributed by atoms with E-state index in [1.807, 2.05) is 24.3 Å². The molecule has 2 aliphatic rings. The average Bonchev–Trinajstić information content (AvgIpc) is 2.76. The molecule has 0 amide bonds. The molecule has 68 valence electrons. The van der Waals surface area contributed by atoms with Crippen LogP contribution in [0.4, 0.5) is 5.69 Å². The number of ketones is 1. The molecule has 1 aromatic rings. The molecule has 3 heteroatoms. The van der Waals surface area contributed by atoms with Gasteiger partial charge >= 0.3 is 0 Å². The van der Waals surface area contributed by atoms with E-state index in [1.54, 1.807) is 18.5 Å². The smallest absolute Gasteiger partial charge is 0.192 e. The summed E-state index contributed by atoms with van der Waals surface area (Å²) >= 11 is 0. The maximum Gasteiger partial charge on any atom is 0.192 e. The second-order valence-corrected chi connectivity index (χ2v) is 3.43. The van der Waals surface area contributed by atoms with Crippen LogP contribution in [0.3, 0.4) is 0 Å². The summed E-state index contributed by atoms with van der Waals surface area (Å²) in [5.41, 5.74) is 1.10. The lowest BCUT2D eigenvalue weighted by atomic mass is 9.90. The lowest BCUT2D eigenvalue weighted by Crippen LogP contribution is -2.41. The van der Waals surface area contributed by atoms with Gasteiger partial charge < -0.3 is 5.32 Å². The topological polar surface area (TPSA) is 41.5 Å². The minimum atomic E-state index is -0.712. The highest BCUT2D eigenvalue weighted by atomic mass is 16.1. The monoisotopic (exact) mass is 184 g/mol. The van der Waals surface area contributed by atoms with Gasteiger partial charge in [0, 0.05) is 24.1 Å². The van der Waals surface area contributed by atoms with E-state index in [0.717, 1.165) is 11.3 Å². The van der Waals surface area contributed by atoms with Gasteiger partial charge in [0.05, 0.1) is 5.69 Å². The van der Waals surface area contributed by atoms with Crippen molar-refractivity contribution in [1.29, 1.82) is 0 Å². The Morgan fingerprint density at radius 2 is 2.14 bits per heavy atom. The lowest BCUT2D eigenvalue weighted by Gasteiger charge is -2.20. The number of carbonyl (C=O) groups is 1. The molecule has 3 nitrogen and oxygen atoms in total. The molecule has 2 aliphatic heterocycles. The van der Waals surface area contributed by atoms with Gasteiger partial charge in [-0.25, -0.2) is 0 Å². The number of hydrogen-bond donors (Lipinski definition) is 1. The first-order chi connectivity index (χ1) is 6.83. The van der Waals surface area contributed by atoms with Gasteiger partial charge in [0.25, 0.3) is 0 Å². The Labute approximate surface area is 81.2 Å². The van der Waals surface area contributed by atoms with Gasteiger partial charge in [-0.2, -0.15) is 0 Å².